The minimum atomic E-state index is -0.508. The van der Waals surface area contributed by atoms with Gasteiger partial charge in [-0.1, -0.05) is 42.5 Å². The number of ether oxygens (including phenoxy) is 3. The molecule has 6 heteroatoms. The van der Waals surface area contributed by atoms with Gasteiger partial charge in [-0.3, -0.25) is 4.79 Å². The summed E-state index contributed by atoms with van der Waals surface area (Å²) in [6, 6.07) is 15.5. The molecule has 3 unspecified atom stereocenters. The number of benzene rings is 2. The second-order valence-electron chi connectivity index (χ2n) is 8.03. The first-order chi connectivity index (χ1) is 15.5. The largest absolute Gasteiger partial charge is 0.493 e. The summed E-state index contributed by atoms with van der Waals surface area (Å²) in [5.41, 5.74) is 3.84. The van der Waals surface area contributed by atoms with Crippen molar-refractivity contribution in [1.29, 1.82) is 0 Å². The molecule has 1 aliphatic carbocycles. The van der Waals surface area contributed by atoms with Crippen molar-refractivity contribution < 1.29 is 23.8 Å². The van der Waals surface area contributed by atoms with E-state index >= 15 is 0 Å². The molecule has 0 bridgehead atoms. The Morgan fingerprint density at radius 3 is 2.31 bits per heavy atom. The Morgan fingerprint density at radius 2 is 1.66 bits per heavy atom. The molecule has 32 heavy (non-hydrogen) atoms. The maximum Gasteiger partial charge on any atom is 0.336 e. The van der Waals surface area contributed by atoms with Crippen LogP contribution in [-0.4, -0.2) is 33.1 Å². The first-order valence-electron chi connectivity index (χ1n) is 10.6. The van der Waals surface area contributed by atoms with E-state index in [1.54, 1.807) is 20.3 Å². The number of rotatable bonds is 5. The van der Waals surface area contributed by atoms with Crippen LogP contribution in [0.5, 0.6) is 11.5 Å². The lowest BCUT2D eigenvalue weighted by Crippen LogP contribution is -2.41. The van der Waals surface area contributed by atoms with E-state index in [9.17, 15) is 9.59 Å². The Bertz CT molecular complexity index is 1100. The summed E-state index contributed by atoms with van der Waals surface area (Å²) in [5.74, 6) is -0.253. The van der Waals surface area contributed by atoms with E-state index in [0.717, 1.165) is 16.8 Å². The van der Waals surface area contributed by atoms with Gasteiger partial charge in [0, 0.05) is 29.7 Å². The molecular formula is C26H27NO5. The molecule has 0 spiro atoms. The molecule has 2 aromatic carbocycles. The topological polar surface area (TPSA) is 73.9 Å². The highest BCUT2D eigenvalue weighted by molar-refractivity contribution is 5.96. The molecule has 0 radical (unpaired) electrons. The molecule has 0 saturated carbocycles. The highest BCUT2D eigenvalue weighted by atomic mass is 16.5. The van der Waals surface area contributed by atoms with Gasteiger partial charge in [0.05, 0.1) is 32.8 Å². The van der Waals surface area contributed by atoms with E-state index in [1.165, 1.54) is 7.11 Å². The number of esters is 1. The lowest BCUT2D eigenvalue weighted by Gasteiger charge is -2.39. The molecule has 6 nitrogen and oxygen atoms in total. The predicted molar refractivity (Wildman–Crippen MR) is 121 cm³/mol. The zero-order valence-corrected chi connectivity index (χ0v) is 18.7. The molecule has 166 valence electrons. The van der Waals surface area contributed by atoms with Crippen LogP contribution in [0, 0.1) is 5.92 Å². The second kappa shape index (κ2) is 8.91. The van der Waals surface area contributed by atoms with Gasteiger partial charge in [0.2, 0.25) is 0 Å². The first kappa shape index (κ1) is 21.7. The number of allylic oxidation sites excluding steroid dienone is 3. The normalized spacial score (nSPS) is 22.4. The third kappa shape index (κ3) is 3.77. The number of carbonyl (C=O) groups excluding carboxylic acids is 2. The lowest BCUT2D eigenvalue weighted by molar-refractivity contribution is -0.136. The van der Waals surface area contributed by atoms with Crippen LogP contribution in [0.4, 0.5) is 0 Å². The summed E-state index contributed by atoms with van der Waals surface area (Å²) >= 11 is 0. The Kier molecular flexibility index (Phi) is 6.04. The van der Waals surface area contributed by atoms with Gasteiger partial charge in [-0.05, 0) is 30.2 Å². The van der Waals surface area contributed by atoms with E-state index in [1.807, 2.05) is 49.4 Å². The summed E-state index contributed by atoms with van der Waals surface area (Å²) in [7, 11) is 4.49. The van der Waals surface area contributed by atoms with Gasteiger partial charge in [-0.25, -0.2) is 4.79 Å². The predicted octanol–water partition coefficient (Wildman–Crippen LogP) is 4.09. The maximum atomic E-state index is 13.5. The number of fused-ring (bicyclic) bond motifs is 1. The standard InChI is InChI=1S/C26H27NO5/c1-15-23(26(29)32-4)24(17-10-11-21(30-2)22(14-17)31-3)25-19(27-15)12-18(13-20(25)28)16-8-6-5-7-9-16/h5-12,14,18,24-25,27H,13H2,1-4H3. The summed E-state index contributed by atoms with van der Waals surface area (Å²) in [6.45, 7) is 1.84. The second-order valence-corrected chi connectivity index (χ2v) is 8.03. The number of methoxy groups -OCH3 is 3. The quantitative estimate of drug-likeness (QED) is 0.716. The number of hydrogen-bond acceptors (Lipinski definition) is 6. The number of ketones is 1. The Morgan fingerprint density at radius 1 is 0.938 bits per heavy atom. The van der Waals surface area contributed by atoms with Crippen LogP contribution < -0.4 is 14.8 Å². The summed E-state index contributed by atoms with van der Waals surface area (Å²) in [5, 5.41) is 3.33. The molecular weight excluding hydrogens is 406 g/mol. The third-order valence-corrected chi connectivity index (χ3v) is 6.26. The van der Waals surface area contributed by atoms with Gasteiger partial charge in [-0.15, -0.1) is 0 Å². The van der Waals surface area contributed by atoms with E-state index in [-0.39, 0.29) is 11.7 Å². The molecule has 2 aliphatic rings. The first-order valence-corrected chi connectivity index (χ1v) is 10.6. The number of hydrogen-bond donors (Lipinski definition) is 1. The summed E-state index contributed by atoms with van der Waals surface area (Å²) in [6.07, 6.45) is 2.49. The molecule has 0 fully saturated rings. The molecule has 0 saturated heterocycles. The van der Waals surface area contributed by atoms with Gasteiger partial charge in [0.25, 0.3) is 0 Å². The zero-order chi connectivity index (χ0) is 22.8. The third-order valence-electron chi connectivity index (χ3n) is 6.26. The molecule has 3 atom stereocenters. The monoisotopic (exact) mass is 433 g/mol. The van der Waals surface area contributed by atoms with Crippen molar-refractivity contribution in [2.24, 2.45) is 5.92 Å². The van der Waals surface area contributed by atoms with Crippen LogP contribution in [0.1, 0.15) is 36.3 Å². The van der Waals surface area contributed by atoms with Gasteiger partial charge in [0.1, 0.15) is 5.78 Å². The van der Waals surface area contributed by atoms with Crippen molar-refractivity contribution >= 4 is 11.8 Å². The van der Waals surface area contributed by atoms with Gasteiger partial charge >= 0.3 is 5.97 Å². The van der Waals surface area contributed by atoms with Crippen LogP contribution in [0.15, 0.2) is 71.6 Å². The SMILES string of the molecule is COC(=O)C1=C(C)NC2=CC(c3ccccc3)CC(=O)C2C1c1ccc(OC)c(OC)c1. The Hall–Kier alpha value is -3.54. The minimum Gasteiger partial charge on any atom is -0.493 e. The van der Waals surface area contributed by atoms with E-state index < -0.39 is 17.8 Å². The van der Waals surface area contributed by atoms with E-state index in [0.29, 0.717) is 29.2 Å². The molecule has 1 N–H and O–H groups in total. The van der Waals surface area contributed by atoms with Gasteiger partial charge < -0.3 is 19.5 Å². The molecule has 0 aromatic heterocycles. The van der Waals surface area contributed by atoms with E-state index in [2.05, 4.69) is 11.4 Å². The fourth-order valence-electron chi connectivity index (χ4n) is 4.77. The number of carbonyl (C=O) groups is 2. The lowest BCUT2D eigenvalue weighted by atomic mass is 9.68. The highest BCUT2D eigenvalue weighted by Gasteiger charge is 2.45. The zero-order valence-electron chi connectivity index (χ0n) is 18.7. The van der Waals surface area contributed by atoms with Crippen LogP contribution in [0.2, 0.25) is 0 Å². The van der Waals surface area contributed by atoms with Crippen LogP contribution in [0.3, 0.4) is 0 Å². The highest BCUT2D eigenvalue weighted by Crippen LogP contribution is 2.47. The molecule has 0 amide bonds. The summed E-state index contributed by atoms with van der Waals surface area (Å²) < 4.78 is 15.9. The van der Waals surface area contributed by atoms with Gasteiger partial charge in [-0.2, -0.15) is 0 Å². The molecule has 1 heterocycles. The summed E-state index contributed by atoms with van der Waals surface area (Å²) in [4.78, 5) is 26.3. The van der Waals surface area contributed by atoms with Crippen molar-refractivity contribution in [3.8, 4) is 11.5 Å². The van der Waals surface area contributed by atoms with Crippen LogP contribution in [-0.2, 0) is 14.3 Å². The molecule has 2 aromatic rings. The average molecular weight is 434 g/mol. The molecule has 1 aliphatic heterocycles. The fourth-order valence-corrected chi connectivity index (χ4v) is 4.77. The van der Waals surface area contributed by atoms with Crippen LogP contribution in [0.25, 0.3) is 0 Å². The van der Waals surface area contributed by atoms with Crippen molar-refractivity contribution in [2.45, 2.75) is 25.2 Å². The average Bonchev–Trinajstić information content (AvgIpc) is 2.82. The molecule has 4 rings (SSSR count). The Balaban J connectivity index is 1.85. The maximum absolute atomic E-state index is 13.5. The number of Topliss-reactive ketones (excluding diaryl/α,β-unsaturated/α-hetero) is 1. The minimum absolute atomic E-state index is 0.0130. The fraction of sp³-hybridized carbons (Fsp3) is 0.308. The van der Waals surface area contributed by atoms with Gasteiger partial charge in [0.15, 0.2) is 11.5 Å². The van der Waals surface area contributed by atoms with Crippen molar-refractivity contribution in [1.82, 2.24) is 5.32 Å². The smallest absolute Gasteiger partial charge is 0.336 e. The van der Waals surface area contributed by atoms with Crippen molar-refractivity contribution in [3.63, 3.8) is 0 Å². The number of nitrogens with one attached hydrogen (secondary N) is 1. The van der Waals surface area contributed by atoms with E-state index in [4.69, 9.17) is 14.2 Å². The van der Waals surface area contributed by atoms with Crippen molar-refractivity contribution in [3.05, 3.63) is 82.7 Å². The van der Waals surface area contributed by atoms with Crippen molar-refractivity contribution in [2.75, 3.05) is 21.3 Å². The Labute approximate surface area is 187 Å². The van der Waals surface area contributed by atoms with Crippen LogP contribution >= 0.6 is 0 Å².